The molecule has 1 aromatic rings. The molecule has 138 valence electrons. The van der Waals surface area contributed by atoms with Crippen LogP contribution >= 0.6 is 0 Å². The molecule has 2 heterocycles. The van der Waals surface area contributed by atoms with Gasteiger partial charge < -0.3 is 15.0 Å². The smallest absolute Gasteiger partial charge is 0.222 e. The number of benzene rings is 1. The Morgan fingerprint density at radius 1 is 1.46 bits per heavy atom. The van der Waals surface area contributed by atoms with E-state index in [-0.39, 0.29) is 17.6 Å². The molecule has 0 spiro atoms. The van der Waals surface area contributed by atoms with E-state index in [4.69, 9.17) is 11.2 Å². The van der Waals surface area contributed by atoms with E-state index < -0.39 is 0 Å². The van der Waals surface area contributed by atoms with Crippen LogP contribution < -0.4 is 10.1 Å². The second-order valence-corrected chi connectivity index (χ2v) is 6.93. The van der Waals surface area contributed by atoms with E-state index in [1.54, 1.807) is 7.11 Å². The first kappa shape index (κ1) is 18.4. The van der Waals surface area contributed by atoms with E-state index in [1.165, 1.54) is 5.56 Å². The fourth-order valence-corrected chi connectivity index (χ4v) is 3.41. The first-order valence-corrected chi connectivity index (χ1v) is 9.16. The summed E-state index contributed by atoms with van der Waals surface area (Å²) in [4.78, 5) is 14.6. The van der Waals surface area contributed by atoms with Crippen molar-refractivity contribution >= 4 is 5.91 Å². The Balaban J connectivity index is 1.48. The van der Waals surface area contributed by atoms with Crippen LogP contribution in [0.1, 0.15) is 31.2 Å². The van der Waals surface area contributed by atoms with E-state index in [2.05, 4.69) is 27.5 Å². The Bertz CT molecular complexity index is 704. The first-order chi connectivity index (χ1) is 12.6. The van der Waals surface area contributed by atoms with Gasteiger partial charge in [-0.15, -0.1) is 12.3 Å². The average molecular weight is 354 g/mol. The van der Waals surface area contributed by atoms with Gasteiger partial charge in [0, 0.05) is 51.4 Å². The number of hydrogen-bond acceptors (Lipinski definition) is 5. The van der Waals surface area contributed by atoms with E-state index in [1.807, 2.05) is 23.1 Å². The molecule has 0 bridgehead atoms. The maximum Gasteiger partial charge on any atom is 0.222 e. The summed E-state index contributed by atoms with van der Waals surface area (Å²) in [7, 11) is 1.67. The fourth-order valence-electron chi connectivity index (χ4n) is 3.41. The molecule has 26 heavy (non-hydrogen) atoms. The zero-order valence-electron chi connectivity index (χ0n) is 15.3. The highest BCUT2D eigenvalue weighted by atomic mass is 16.5. The molecule has 2 aliphatic rings. The van der Waals surface area contributed by atoms with Crippen molar-refractivity contribution in [3.8, 4) is 18.1 Å². The maximum atomic E-state index is 12.6. The molecule has 0 aromatic heterocycles. The maximum absolute atomic E-state index is 12.6. The molecular formula is C20H26N4O2. The third kappa shape index (κ3) is 4.83. The van der Waals surface area contributed by atoms with Gasteiger partial charge in [0.1, 0.15) is 5.75 Å². The van der Waals surface area contributed by atoms with E-state index >= 15 is 0 Å². The largest absolute Gasteiger partial charge is 0.497 e. The van der Waals surface area contributed by atoms with Crippen LogP contribution in [0.15, 0.2) is 34.5 Å². The van der Waals surface area contributed by atoms with Gasteiger partial charge >= 0.3 is 0 Å². The SMILES string of the molecule is C#CCCC1(CCC(=O)N2CCNC(Cc3cccc(OC)c3)C2)N=N1. The molecule has 1 amide bonds. The molecule has 1 aromatic carbocycles. The van der Waals surface area contributed by atoms with Crippen LogP contribution in [0.25, 0.3) is 0 Å². The summed E-state index contributed by atoms with van der Waals surface area (Å²) in [6.45, 7) is 2.29. The second kappa shape index (κ2) is 8.33. The minimum atomic E-state index is -0.379. The van der Waals surface area contributed by atoms with Crippen molar-refractivity contribution < 1.29 is 9.53 Å². The van der Waals surface area contributed by atoms with Gasteiger partial charge in [-0.05, 0) is 24.1 Å². The lowest BCUT2D eigenvalue weighted by Crippen LogP contribution is -2.53. The first-order valence-electron chi connectivity index (χ1n) is 9.16. The van der Waals surface area contributed by atoms with Crippen LogP contribution in [0, 0.1) is 12.3 Å². The number of ether oxygens (including phenoxy) is 1. The normalized spacial score (nSPS) is 20.5. The highest BCUT2D eigenvalue weighted by molar-refractivity contribution is 5.76. The molecule has 3 rings (SSSR count). The number of carbonyl (C=O) groups is 1. The van der Waals surface area contributed by atoms with Crippen molar-refractivity contribution in [1.29, 1.82) is 0 Å². The number of piperazine rings is 1. The Morgan fingerprint density at radius 2 is 2.31 bits per heavy atom. The van der Waals surface area contributed by atoms with Crippen molar-refractivity contribution in [3.05, 3.63) is 29.8 Å². The summed E-state index contributed by atoms with van der Waals surface area (Å²) in [6, 6.07) is 8.34. The average Bonchev–Trinajstić information content (AvgIpc) is 3.45. The van der Waals surface area contributed by atoms with Gasteiger partial charge in [-0.25, -0.2) is 0 Å². The summed E-state index contributed by atoms with van der Waals surface area (Å²) < 4.78 is 5.29. The van der Waals surface area contributed by atoms with Crippen molar-refractivity contribution in [2.24, 2.45) is 10.2 Å². The molecule has 1 saturated heterocycles. The molecular weight excluding hydrogens is 328 g/mol. The molecule has 1 N–H and O–H groups in total. The van der Waals surface area contributed by atoms with E-state index in [0.717, 1.165) is 38.2 Å². The standard InChI is InChI=1S/C20H26N4O2/c1-3-4-9-20(22-23-20)10-8-19(25)24-12-11-21-17(15-24)13-16-6-5-7-18(14-16)26-2/h1,5-7,14,17,21H,4,8-13,15H2,2H3. The number of terminal acetylenes is 1. The van der Waals surface area contributed by atoms with Gasteiger partial charge in [0.25, 0.3) is 0 Å². The summed E-state index contributed by atoms with van der Waals surface area (Å²) in [5, 5.41) is 11.7. The van der Waals surface area contributed by atoms with Crippen LogP contribution in [0.2, 0.25) is 0 Å². The third-order valence-corrected chi connectivity index (χ3v) is 5.02. The van der Waals surface area contributed by atoms with Crippen LogP contribution in [0.5, 0.6) is 5.75 Å². The lowest BCUT2D eigenvalue weighted by molar-refractivity contribution is -0.132. The summed E-state index contributed by atoms with van der Waals surface area (Å²) >= 11 is 0. The minimum Gasteiger partial charge on any atom is -0.497 e. The molecule has 6 heteroatoms. The number of amides is 1. The number of carbonyl (C=O) groups excluding carboxylic acids is 1. The van der Waals surface area contributed by atoms with Crippen LogP contribution in [-0.2, 0) is 11.2 Å². The topological polar surface area (TPSA) is 66.3 Å². The predicted molar refractivity (Wildman–Crippen MR) is 100.0 cm³/mol. The van der Waals surface area contributed by atoms with Crippen molar-refractivity contribution in [2.45, 2.75) is 43.8 Å². The molecule has 1 fully saturated rings. The summed E-state index contributed by atoms with van der Waals surface area (Å²) in [5.41, 5.74) is 0.829. The highest BCUT2D eigenvalue weighted by Gasteiger charge is 2.39. The number of nitrogens with one attached hydrogen (secondary N) is 1. The molecule has 0 saturated carbocycles. The van der Waals surface area contributed by atoms with Gasteiger partial charge in [-0.3, -0.25) is 4.79 Å². The quantitative estimate of drug-likeness (QED) is 0.729. The van der Waals surface area contributed by atoms with Gasteiger partial charge in [0.05, 0.1) is 7.11 Å². The van der Waals surface area contributed by atoms with Crippen LogP contribution in [0.3, 0.4) is 0 Å². The number of hydrogen-bond donors (Lipinski definition) is 1. The van der Waals surface area contributed by atoms with Gasteiger partial charge in [0.2, 0.25) is 5.91 Å². The van der Waals surface area contributed by atoms with Gasteiger partial charge in [-0.1, -0.05) is 12.1 Å². The number of methoxy groups -OCH3 is 1. The van der Waals surface area contributed by atoms with Crippen LogP contribution in [0.4, 0.5) is 0 Å². The monoisotopic (exact) mass is 354 g/mol. The Morgan fingerprint density at radius 3 is 3.04 bits per heavy atom. The Labute approximate surface area is 155 Å². The fraction of sp³-hybridized carbons (Fsp3) is 0.550. The van der Waals surface area contributed by atoms with E-state index in [0.29, 0.717) is 19.3 Å². The Kier molecular flexibility index (Phi) is 5.89. The molecule has 1 atom stereocenters. The van der Waals surface area contributed by atoms with Crippen LogP contribution in [-0.4, -0.2) is 49.3 Å². The van der Waals surface area contributed by atoms with Crippen molar-refractivity contribution in [2.75, 3.05) is 26.7 Å². The Hall–Kier alpha value is -2.39. The second-order valence-electron chi connectivity index (χ2n) is 6.93. The van der Waals surface area contributed by atoms with Crippen molar-refractivity contribution in [1.82, 2.24) is 10.2 Å². The molecule has 0 radical (unpaired) electrons. The summed E-state index contributed by atoms with van der Waals surface area (Å²) in [6.07, 6.45) is 8.72. The zero-order valence-corrected chi connectivity index (χ0v) is 15.3. The predicted octanol–water partition coefficient (Wildman–Crippen LogP) is 2.39. The zero-order chi connectivity index (χ0) is 18.4. The third-order valence-electron chi connectivity index (χ3n) is 5.02. The molecule has 1 unspecified atom stereocenters. The number of nitrogens with zero attached hydrogens (tertiary/aromatic N) is 3. The molecule has 2 aliphatic heterocycles. The van der Waals surface area contributed by atoms with E-state index in [9.17, 15) is 4.79 Å². The lowest BCUT2D eigenvalue weighted by Gasteiger charge is -2.34. The van der Waals surface area contributed by atoms with Gasteiger partial charge in [0.15, 0.2) is 5.66 Å². The minimum absolute atomic E-state index is 0.180. The molecule has 6 nitrogen and oxygen atoms in total. The van der Waals surface area contributed by atoms with Crippen molar-refractivity contribution in [3.63, 3.8) is 0 Å². The highest BCUT2D eigenvalue weighted by Crippen LogP contribution is 2.37. The number of rotatable bonds is 8. The summed E-state index contributed by atoms with van der Waals surface area (Å²) in [5.74, 6) is 3.66. The molecule has 0 aliphatic carbocycles. The van der Waals surface area contributed by atoms with Gasteiger partial charge in [-0.2, -0.15) is 10.2 Å². The lowest BCUT2D eigenvalue weighted by atomic mass is 10.0.